The number of nitrogens with one attached hydrogen (secondary N) is 1. The molecule has 0 atom stereocenters. The Morgan fingerprint density at radius 2 is 1.85 bits per heavy atom. The molecule has 1 aromatic carbocycles. The number of urea groups is 1. The van der Waals surface area contributed by atoms with Gasteiger partial charge in [0.1, 0.15) is 11.4 Å². The van der Waals surface area contributed by atoms with Gasteiger partial charge in [0.25, 0.3) is 5.91 Å². The number of likely N-dealkylation sites (tertiary alicyclic amines) is 1. The molecule has 184 valence electrons. The molecule has 34 heavy (non-hydrogen) atoms. The second-order valence-corrected chi connectivity index (χ2v) is 9.42. The van der Waals surface area contributed by atoms with Crippen LogP contribution < -0.4 is 0 Å². The predicted molar refractivity (Wildman–Crippen MR) is 130 cm³/mol. The first kappa shape index (κ1) is 24.4. The van der Waals surface area contributed by atoms with Gasteiger partial charge in [0.2, 0.25) is 0 Å². The van der Waals surface area contributed by atoms with Gasteiger partial charge in [-0.25, -0.2) is 9.78 Å². The fraction of sp³-hybridized carbons (Fsp3) is 0.577. The van der Waals surface area contributed by atoms with Gasteiger partial charge in [0, 0.05) is 58.2 Å². The summed E-state index contributed by atoms with van der Waals surface area (Å²) in [5.41, 5.74) is 1.32. The van der Waals surface area contributed by atoms with Crippen molar-refractivity contribution in [2.75, 3.05) is 33.4 Å². The van der Waals surface area contributed by atoms with Gasteiger partial charge in [-0.2, -0.15) is 0 Å². The molecule has 0 radical (unpaired) electrons. The Labute approximate surface area is 202 Å². The van der Waals surface area contributed by atoms with Crippen LogP contribution in [0.5, 0.6) is 0 Å². The SMILES string of the molecule is CCCCc1ncc(CN2CCC3(CC2)C(=O)N(Cc2ccccc2)C(=O)N3CCCOC)[nH]1. The lowest BCUT2D eigenvalue weighted by molar-refractivity contribution is -0.136. The maximum absolute atomic E-state index is 13.7. The molecular formula is C26H37N5O3. The standard InChI is InChI=1S/C26H37N5O3/c1-3-4-11-23-27-18-22(28-23)20-29-15-12-26(13-16-29)24(32)30(19-21-9-6-5-7-10-21)25(33)31(26)14-8-17-34-2/h5-7,9-10,18H,3-4,8,11-17,19-20H2,1-2H3,(H,27,28). The van der Waals surface area contributed by atoms with Crippen molar-refractivity contribution in [3.63, 3.8) is 0 Å². The lowest BCUT2D eigenvalue weighted by Gasteiger charge is -2.42. The highest BCUT2D eigenvalue weighted by molar-refractivity contribution is 6.07. The molecule has 0 aliphatic carbocycles. The number of carbonyl (C=O) groups is 2. The van der Waals surface area contributed by atoms with Crippen LogP contribution in [0.2, 0.25) is 0 Å². The van der Waals surface area contributed by atoms with Crippen LogP contribution in [0.1, 0.15) is 56.1 Å². The van der Waals surface area contributed by atoms with E-state index in [1.165, 1.54) is 4.90 Å². The fourth-order valence-corrected chi connectivity index (χ4v) is 5.13. The normalized spacial score (nSPS) is 18.4. The molecular weight excluding hydrogens is 430 g/mol. The third-order valence-corrected chi connectivity index (χ3v) is 7.06. The average molecular weight is 468 g/mol. The molecule has 2 saturated heterocycles. The number of carbonyl (C=O) groups excluding carboxylic acids is 2. The van der Waals surface area contributed by atoms with E-state index in [0.29, 0.717) is 32.5 Å². The average Bonchev–Trinajstić information content (AvgIpc) is 3.38. The Hall–Kier alpha value is -2.71. The molecule has 8 heteroatoms. The monoisotopic (exact) mass is 467 g/mol. The minimum Gasteiger partial charge on any atom is -0.385 e. The molecule has 0 saturated carbocycles. The molecule has 2 fully saturated rings. The van der Waals surface area contributed by atoms with Crippen molar-refractivity contribution >= 4 is 11.9 Å². The molecule has 1 aromatic heterocycles. The number of imide groups is 1. The Kier molecular flexibility index (Phi) is 8.00. The zero-order valence-corrected chi connectivity index (χ0v) is 20.5. The van der Waals surface area contributed by atoms with Crippen molar-refractivity contribution in [2.24, 2.45) is 0 Å². The number of methoxy groups -OCH3 is 1. The molecule has 8 nitrogen and oxygen atoms in total. The summed E-state index contributed by atoms with van der Waals surface area (Å²) in [4.78, 5) is 40.7. The highest BCUT2D eigenvalue weighted by atomic mass is 16.5. The number of hydrogen-bond acceptors (Lipinski definition) is 5. The van der Waals surface area contributed by atoms with Gasteiger partial charge >= 0.3 is 6.03 Å². The Morgan fingerprint density at radius 3 is 2.56 bits per heavy atom. The van der Waals surface area contributed by atoms with Crippen LogP contribution in [0.15, 0.2) is 36.5 Å². The summed E-state index contributed by atoms with van der Waals surface area (Å²) in [6.45, 7) is 5.92. The van der Waals surface area contributed by atoms with Crippen LogP contribution in [0.3, 0.4) is 0 Å². The number of ether oxygens (including phenoxy) is 1. The number of rotatable bonds is 11. The van der Waals surface area contributed by atoms with Crippen molar-refractivity contribution in [1.29, 1.82) is 0 Å². The van der Waals surface area contributed by atoms with E-state index in [1.807, 2.05) is 41.4 Å². The second kappa shape index (κ2) is 11.1. The summed E-state index contributed by atoms with van der Waals surface area (Å²) in [7, 11) is 1.66. The molecule has 3 amide bonds. The number of hydrogen-bond donors (Lipinski definition) is 1. The number of imidazole rings is 1. The molecule has 1 spiro atoms. The van der Waals surface area contributed by atoms with Gasteiger partial charge < -0.3 is 14.6 Å². The minimum atomic E-state index is -0.754. The zero-order chi connectivity index (χ0) is 24.0. The molecule has 2 aliphatic rings. The lowest BCUT2D eigenvalue weighted by Crippen LogP contribution is -2.56. The van der Waals surface area contributed by atoms with Gasteiger partial charge in [-0.05, 0) is 31.2 Å². The summed E-state index contributed by atoms with van der Waals surface area (Å²) < 4.78 is 5.22. The van der Waals surface area contributed by atoms with E-state index in [2.05, 4.69) is 21.8 Å². The van der Waals surface area contributed by atoms with E-state index < -0.39 is 5.54 Å². The second-order valence-electron chi connectivity index (χ2n) is 9.42. The summed E-state index contributed by atoms with van der Waals surface area (Å²) in [6, 6.07) is 9.57. The van der Waals surface area contributed by atoms with Gasteiger partial charge in [-0.1, -0.05) is 43.7 Å². The minimum absolute atomic E-state index is 0.0539. The van der Waals surface area contributed by atoms with E-state index >= 15 is 0 Å². The number of aryl methyl sites for hydroxylation is 1. The van der Waals surface area contributed by atoms with Gasteiger partial charge in [-0.3, -0.25) is 14.6 Å². The summed E-state index contributed by atoms with van der Waals surface area (Å²) >= 11 is 0. The molecule has 0 bridgehead atoms. The molecule has 1 N–H and O–H groups in total. The van der Waals surface area contributed by atoms with E-state index in [4.69, 9.17) is 4.74 Å². The predicted octanol–water partition coefficient (Wildman–Crippen LogP) is 3.59. The van der Waals surface area contributed by atoms with Crippen molar-refractivity contribution in [2.45, 2.75) is 64.1 Å². The highest BCUT2D eigenvalue weighted by Crippen LogP contribution is 2.38. The van der Waals surface area contributed by atoms with E-state index in [0.717, 1.165) is 62.4 Å². The van der Waals surface area contributed by atoms with Crippen molar-refractivity contribution in [1.82, 2.24) is 24.7 Å². The first-order chi connectivity index (χ1) is 16.6. The molecule has 4 rings (SSSR count). The third kappa shape index (κ3) is 5.18. The highest BCUT2D eigenvalue weighted by Gasteiger charge is 2.57. The number of aromatic nitrogens is 2. The van der Waals surface area contributed by atoms with Gasteiger partial charge in [0.15, 0.2) is 0 Å². The van der Waals surface area contributed by atoms with Crippen LogP contribution >= 0.6 is 0 Å². The van der Waals surface area contributed by atoms with E-state index in [9.17, 15) is 9.59 Å². The smallest absolute Gasteiger partial charge is 0.327 e. The number of H-pyrrole nitrogens is 1. The Bertz CT molecular complexity index is 952. The molecule has 2 aromatic rings. The van der Waals surface area contributed by atoms with Crippen molar-refractivity contribution in [3.05, 3.63) is 53.6 Å². The number of piperidine rings is 1. The van der Waals surface area contributed by atoms with Crippen LogP contribution in [-0.4, -0.2) is 75.5 Å². The van der Waals surface area contributed by atoms with E-state index in [-0.39, 0.29) is 11.9 Å². The molecule has 0 unspecified atom stereocenters. The lowest BCUT2D eigenvalue weighted by atomic mass is 9.85. The maximum atomic E-state index is 13.7. The zero-order valence-electron chi connectivity index (χ0n) is 20.5. The Balaban J connectivity index is 1.44. The maximum Gasteiger partial charge on any atom is 0.327 e. The first-order valence-corrected chi connectivity index (χ1v) is 12.5. The first-order valence-electron chi connectivity index (χ1n) is 12.5. The van der Waals surface area contributed by atoms with Crippen LogP contribution in [-0.2, 0) is 29.0 Å². The number of amides is 3. The third-order valence-electron chi connectivity index (χ3n) is 7.06. The van der Waals surface area contributed by atoms with E-state index in [1.54, 1.807) is 7.11 Å². The quantitative estimate of drug-likeness (QED) is 0.403. The van der Waals surface area contributed by atoms with Gasteiger partial charge in [0.05, 0.1) is 6.54 Å². The van der Waals surface area contributed by atoms with Crippen LogP contribution in [0.25, 0.3) is 0 Å². The summed E-state index contributed by atoms with van der Waals surface area (Å²) in [6.07, 6.45) is 7.20. The molecule has 2 aliphatic heterocycles. The van der Waals surface area contributed by atoms with Crippen LogP contribution in [0.4, 0.5) is 4.79 Å². The number of benzene rings is 1. The summed E-state index contributed by atoms with van der Waals surface area (Å²) in [5.74, 6) is 0.990. The topological polar surface area (TPSA) is 81.8 Å². The van der Waals surface area contributed by atoms with Crippen molar-refractivity contribution < 1.29 is 14.3 Å². The number of aromatic amines is 1. The van der Waals surface area contributed by atoms with Gasteiger partial charge in [-0.15, -0.1) is 0 Å². The number of nitrogens with zero attached hydrogens (tertiary/aromatic N) is 4. The summed E-state index contributed by atoms with van der Waals surface area (Å²) in [5, 5.41) is 0. The largest absolute Gasteiger partial charge is 0.385 e. The Morgan fingerprint density at radius 1 is 1.09 bits per heavy atom. The number of unbranched alkanes of at least 4 members (excludes halogenated alkanes) is 1. The van der Waals surface area contributed by atoms with Crippen molar-refractivity contribution in [3.8, 4) is 0 Å². The van der Waals surface area contributed by atoms with Crippen LogP contribution in [0, 0.1) is 0 Å². The molecule has 3 heterocycles. The fourth-order valence-electron chi connectivity index (χ4n) is 5.13.